The zero-order chi connectivity index (χ0) is 8.43. The molecule has 0 amide bonds. The van der Waals surface area contributed by atoms with Crippen molar-refractivity contribution in [3.05, 3.63) is 22.6 Å². The standard InChI is InChI=1S/C8H14N2O/c1-5-6(2)11-7(3)8(5)4-10-9/h10H,4,9H2,1-3H3. The second-order valence-corrected chi connectivity index (χ2v) is 2.70. The van der Waals surface area contributed by atoms with Gasteiger partial charge in [-0.05, 0) is 26.3 Å². The van der Waals surface area contributed by atoms with Gasteiger partial charge in [0.1, 0.15) is 11.5 Å². The largest absolute Gasteiger partial charge is 0.466 e. The second-order valence-electron chi connectivity index (χ2n) is 2.70. The Labute approximate surface area is 66.5 Å². The molecule has 0 fully saturated rings. The molecule has 0 saturated heterocycles. The van der Waals surface area contributed by atoms with Crippen molar-refractivity contribution in [3.63, 3.8) is 0 Å². The number of furan rings is 1. The van der Waals surface area contributed by atoms with Crippen molar-refractivity contribution in [1.29, 1.82) is 0 Å². The van der Waals surface area contributed by atoms with Crippen LogP contribution in [0, 0.1) is 20.8 Å². The Kier molecular flexibility index (Phi) is 2.31. The van der Waals surface area contributed by atoms with Gasteiger partial charge in [-0.15, -0.1) is 0 Å². The lowest BCUT2D eigenvalue weighted by atomic mass is 10.1. The van der Waals surface area contributed by atoms with Crippen molar-refractivity contribution in [2.75, 3.05) is 0 Å². The van der Waals surface area contributed by atoms with Crippen LogP contribution in [0.2, 0.25) is 0 Å². The Bertz CT molecular complexity index is 253. The molecule has 3 N–H and O–H groups in total. The first-order valence-corrected chi connectivity index (χ1v) is 3.65. The lowest BCUT2D eigenvalue weighted by Gasteiger charge is -1.97. The topological polar surface area (TPSA) is 51.2 Å². The number of nitrogens with two attached hydrogens (primary N) is 1. The van der Waals surface area contributed by atoms with Crippen LogP contribution in [-0.2, 0) is 6.54 Å². The molecule has 1 rings (SSSR count). The molecule has 1 aromatic heterocycles. The number of hydrazine groups is 1. The van der Waals surface area contributed by atoms with Crippen LogP contribution in [0.25, 0.3) is 0 Å². The summed E-state index contributed by atoms with van der Waals surface area (Å²) in [5.41, 5.74) is 4.99. The van der Waals surface area contributed by atoms with E-state index in [1.54, 1.807) is 0 Å². The van der Waals surface area contributed by atoms with Crippen molar-refractivity contribution in [2.45, 2.75) is 27.3 Å². The van der Waals surface area contributed by atoms with E-state index in [-0.39, 0.29) is 0 Å². The predicted octanol–water partition coefficient (Wildman–Crippen LogP) is 1.17. The third kappa shape index (κ3) is 1.44. The fraction of sp³-hybridized carbons (Fsp3) is 0.500. The fourth-order valence-electron chi connectivity index (χ4n) is 1.20. The third-order valence-electron chi connectivity index (χ3n) is 1.99. The highest BCUT2D eigenvalue weighted by Crippen LogP contribution is 2.19. The van der Waals surface area contributed by atoms with E-state index in [1.807, 2.05) is 20.8 Å². The van der Waals surface area contributed by atoms with Gasteiger partial charge in [-0.3, -0.25) is 11.3 Å². The summed E-state index contributed by atoms with van der Waals surface area (Å²) in [6, 6.07) is 0. The summed E-state index contributed by atoms with van der Waals surface area (Å²) in [4.78, 5) is 0. The summed E-state index contributed by atoms with van der Waals surface area (Å²) >= 11 is 0. The third-order valence-corrected chi connectivity index (χ3v) is 1.99. The average molecular weight is 154 g/mol. The van der Waals surface area contributed by atoms with Gasteiger partial charge in [0.15, 0.2) is 0 Å². The van der Waals surface area contributed by atoms with Crippen LogP contribution in [0.1, 0.15) is 22.6 Å². The van der Waals surface area contributed by atoms with Crippen molar-refractivity contribution in [1.82, 2.24) is 5.43 Å². The number of aryl methyl sites for hydroxylation is 2. The average Bonchev–Trinajstić information content (AvgIpc) is 2.17. The Balaban J connectivity index is 3.02. The molecule has 0 aliphatic carbocycles. The molecule has 0 atom stereocenters. The van der Waals surface area contributed by atoms with Gasteiger partial charge in [0, 0.05) is 12.1 Å². The van der Waals surface area contributed by atoms with Crippen molar-refractivity contribution in [2.24, 2.45) is 5.84 Å². The first-order valence-electron chi connectivity index (χ1n) is 3.65. The first-order chi connectivity index (χ1) is 5.16. The minimum atomic E-state index is 0.676. The lowest BCUT2D eigenvalue weighted by molar-refractivity contribution is 0.498. The van der Waals surface area contributed by atoms with Crippen LogP contribution in [0.3, 0.4) is 0 Å². The maximum absolute atomic E-state index is 5.40. The van der Waals surface area contributed by atoms with Gasteiger partial charge in [-0.25, -0.2) is 0 Å². The SMILES string of the molecule is Cc1oc(C)c(CNN)c1C. The number of rotatable bonds is 2. The summed E-state index contributed by atoms with van der Waals surface area (Å²) in [5, 5.41) is 0. The van der Waals surface area contributed by atoms with E-state index in [1.165, 1.54) is 11.1 Å². The minimum absolute atomic E-state index is 0.676. The van der Waals surface area contributed by atoms with Gasteiger partial charge in [-0.2, -0.15) is 0 Å². The van der Waals surface area contributed by atoms with Crippen LogP contribution < -0.4 is 11.3 Å². The van der Waals surface area contributed by atoms with Gasteiger partial charge in [0.05, 0.1) is 0 Å². The molecule has 3 heteroatoms. The van der Waals surface area contributed by atoms with Crippen LogP contribution in [-0.4, -0.2) is 0 Å². The monoisotopic (exact) mass is 154 g/mol. The molecular weight excluding hydrogens is 140 g/mol. The second kappa shape index (κ2) is 3.07. The minimum Gasteiger partial charge on any atom is -0.466 e. The lowest BCUT2D eigenvalue weighted by Crippen LogP contribution is -2.21. The fourth-order valence-corrected chi connectivity index (χ4v) is 1.20. The molecule has 0 aliphatic rings. The summed E-state index contributed by atoms with van der Waals surface area (Å²) in [5.74, 6) is 7.15. The highest BCUT2D eigenvalue weighted by Gasteiger charge is 2.08. The Hall–Kier alpha value is -0.800. The van der Waals surface area contributed by atoms with E-state index < -0.39 is 0 Å². The molecule has 0 spiro atoms. The first kappa shape index (κ1) is 8.30. The van der Waals surface area contributed by atoms with Gasteiger partial charge in [0.2, 0.25) is 0 Å². The van der Waals surface area contributed by atoms with Crippen molar-refractivity contribution in [3.8, 4) is 0 Å². The Morgan fingerprint density at radius 3 is 2.27 bits per heavy atom. The Morgan fingerprint density at radius 2 is 1.91 bits per heavy atom. The zero-order valence-electron chi connectivity index (χ0n) is 7.19. The molecule has 3 nitrogen and oxygen atoms in total. The number of hydrogen-bond acceptors (Lipinski definition) is 3. The van der Waals surface area contributed by atoms with E-state index in [9.17, 15) is 0 Å². The molecule has 0 unspecified atom stereocenters. The summed E-state index contributed by atoms with van der Waals surface area (Å²) in [6.07, 6.45) is 0. The van der Waals surface area contributed by atoms with E-state index >= 15 is 0 Å². The molecule has 62 valence electrons. The Morgan fingerprint density at radius 1 is 1.27 bits per heavy atom. The molecule has 1 aromatic rings. The summed E-state index contributed by atoms with van der Waals surface area (Å²) < 4.78 is 5.40. The summed E-state index contributed by atoms with van der Waals surface area (Å²) in [7, 11) is 0. The van der Waals surface area contributed by atoms with Crippen molar-refractivity contribution >= 4 is 0 Å². The van der Waals surface area contributed by atoms with Gasteiger partial charge < -0.3 is 4.42 Å². The highest BCUT2D eigenvalue weighted by molar-refractivity contribution is 5.30. The van der Waals surface area contributed by atoms with Gasteiger partial charge in [-0.1, -0.05) is 0 Å². The van der Waals surface area contributed by atoms with Crippen LogP contribution in [0.15, 0.2) is 4.42 Å². The van der Waals surface area contributed by atoms with E-state index in [4.69, 9.17) is 10.3 Å². The smallest absolute Gasteiger partial charge is 0.105 e. The number of hydrogen-bond donors (Lipinski definition) is 2. The molecule has 0 saturated carbocycles. The predicted molar refractivity (Wildman–Crippen MR) is 43.9 cm³/mol. The molecule has 0 radical (unpaired) electrons. The van der Waals surface area contributed by atoms with Crippen LogP contribution in [0.4, 0.5) is 0 Å². The quantitative estimate of drug-likeness (QED) is 0.496. The molecule has 1 heterocycles. The van der Waals surface area contributed by atoms with E-state index in [2.05, 4.69) is 5.43 Å². The maximum Gasteiger partial charge on any atom is 0.105 e. The molecule has 0 aliphatic heterocycles. The van der Waals surface area contributed by atoms with E-state index in [0.717, 1.165) is 11.5 Å². The zero-order valence-corrected chi connectivity index (χ0v) is 7.19. The van der Waals surface area contributed by atoms with Crippen LogP contribution in [0.5, 0.6) is 0 Å². The molecule has 11 heavy (non-hydrogen) atoms. The van der Waals surface area contributed by atoms with E-state index in [0.29, 0.717) is 6.54 Å². The molecule has 0 aromatic carbocycles. The highest BCUT2D eigenvalue weighted by atomic mass is 16.3. The summed E-state index contributed by atoms with van der Waals surface area (Å²) in [6.45, 7) is 6.63. The maximum atomic E-state index is 5.40. The van der Waals surface area contributed by atoms with Crippen LogP contribution >= 0.6 is 0 Å². The molecular formula is C8H14N2O. The molecule has 0 bridgehead atoms. The van der Waals surface area contributed by atoms with Gasteiger partial charge >= 0.3 is 0 Å². The number of nitrogens with one attached hydrogen (secondary N) is 1. The van der Waals surface area contributed by atoms with Gasteiger partial charge in [0.25, 0.3) is 0 Å². The van der Waals surface area contributed by atoms with Crippen molar-refractivity contribution < 1.29 is 4.42 Å². The normalized spacial score (nSPS) is 10.5.